The van der Waals surface area contributed by atoms with Crippen molar-refractivity contribution in [1.29, 1.82) is 0 Å². The number of rotatable bonds is 4. The van der Waals surface area contributed by atoms with Gasteiger partial charge in [-0.15, -0.1) is 0 Å². The number of hydrogen-bond acceptors (Lipinski definition) is 3. The molecule has 0 atom stereocenters. The minimum absolute atomic E-state index is 0.0990. The molecule has 3 nitrogen and oxygen atoms in total. The van der Waals surface area contributed by atoms with Gasteiger partial charge in [-0.25, -0.2) is 18.6 Å². The van der Waals surface area contributed by atoms with Crippen molar-refractivity contribution >= 4 is 17.7 Å². The van der Waals surface area contributed by atoms with E-state index in [0.717, 1.165) is 23.9 Å². The molecule has 0 saturated heterocycles. The number of hydrogen-bond donors (Lipinski definition) is 1. The van der Waals surface area contributed by atoms with Crippen LogP contribution in [0, 0.1) is 11.6 Å². The van der Waals surface area contributed by atoms with Crippen LogP contribution in [-0.2, 0) is 6.42 Å². The first kappa shape index (κ1) is 14.5. The molecule has 0 saturated carbocycles. The number of aromatic nitrogens is 1. The number of benzene rings is 1. The Kier molecular flexibility index (Phi) is 4.34. The number of carboxylic acid groups (broad SMARTS) is 1. The second-order valence-electron chi connectivity index (χ2n) is 4.02. The highest BCUT2D eigenvalue weighted by atomic mass is 32.2. The molecule has 104 valence electrons. The fourth-order valence-electron chi connectivity index (χ4n) is 1.59. The van der Waals surface area contributed by atoms with Crippen LogP contribution in [0.3, 0.4) is 0 Å². The zero-order valence-corrected chi connectivity index (χ0v) is 11.4. The van der Waals surface area contributed by atoms with Crippen LogP contribution in [0.4, 0.5) is 8.78 Å². The molecule has 6 heteroatoms. The summed E-state index contributed by atoms with van der Waals surface area (Å²) in [7, 11) is 0. The third-order valence-corrected chi connectivity index (χ3v) is 3.54. The van der Waals surface area contributed by atoms with Gasteiger partial charge in [0.15, 0.2) is 0 Å². The van der Waals surface area contributed by atoms with Gasteiger partial charge in [0.2, 0.25) is 0 Å². The van der Waals surface area contributed by atoms with Crippen molar-refractivity contribution in [3.63, 3.8) is 0 Å². The van der Waals surface area contributed by atoms with Crippen molar-refractivity contribution in [2.75, 3.05) is 0 Å². The van der Waals surface area contributed by atoms with Gasteiger partial charge in [0.25, 0.3) is 0 Å². The average Bonchev–Trinajstić information content (AvgIpc) is 2.41. The lowest BCUT2D eigenvalue weighted by Crippen LogP contribution is -2.00. The van der Waals surface area contributed by atoms with Crippen molar-refractivity contribution in [3.05, 3.63) is 53.2 Å². The lowest BCUT2D eigenvalue weighted by atomic mass is 10.2. The van der Waals surface area contributed by atoms with E-state index in [4.69, 9.17) is 5.11 Å². The van der Waals surface area contributed by atoms with Crippen LogP contribution in [0.5, 0.6) is 0 Å². The summed E-state index contributed by atoms with van der Waals surface area (Å²) in [5.74, 6) is -2.42. The molecule has 0 unspecified atom stereocenters. The standard InChI is InChI=1S/C14H11F2NO2S/c1-2-10-5-8(14(18)19)6-13(17-10)20-12-4-3-9(15)7-11(12)16/h3-7H,2H2,1H3,(H,18,19). The highest BCUT2D eigenvalue weighted by Crippen LogP contribution is 2.29. The number of aromatic carboxylic acids is 1. The first-order valence-corrected chi connectivity index (χ1v) is 6.68. The SMILES string of the molecule is CCc1cc(C(=O)O)cc(Sc2ccc(F)cc2F)n1. The summed E-state index contributed by atoms with van der Waals surface area (Å²) >= 11 is 0.968. The molecule has 1 heterocycles. The highest BCUT2D eigenvalue weighted by Gasteiger charge is 2.11. The van der Waals surface area contributed by atoms with E-state index in [2.05, 4.69) is 4.98 Å². The molecule has 1 aromatic carbocycles. The smallest absolute Gasteiger partial charge is 0.335 e. The minimum atomic E-state index is -1.07. The van der Waals surface area contributed by atoms with Gasteiger partial charge in [-0.3, -0.25) is 0 Å². The zero-order valence-electron chi connectivity index (χ0n) is 10.6. The van der Waals surface area contributed by atoms with Crippen LogP contribution >= 0.6 is 11.8 Å². The Labute approximate surface area is 118 Å². The third-order valence-electron chi connectivity index (χ3n) is 2.57. The van der Waals surface area contributed by atoms with E-state index in [1.165, 1.54) is 18.2 Å². The fourth-order valence-corrected chi connectivity index (χ4v) is 2.45. The van der Waals surface area contributed by atoms with Crippen molar-refractivity contribution in [2.45, 2.75) is 23.3 Å². The first-order chi connectivity index (χ1) is 9.49. The van der Waals surface area contributed by atoms with E-state index in [0.29, 0.717) is 17.1 Å². The Morgan fingerprint density at radius 2 is 2.05 bits per heavy atom. The van der Waals surface area contributed by atoms with Crippen molar-refractivity contribution in [2.24, 2.45) is 0 Å². The van der Waals surface area contributed by atoms with E-state index in [1.54, 1.807) is 0 Å². The zero-order chi connectivity index (χ0) is 14.7. The Hall–Kier alpha value is -1.95. The number of carboxylic acids is 1. The van der Waals surface area contributed by atoms with E-state index >= 15 is 0 Å². The molecule has 0 radical (unpaired) electrons. The lowest BCUT2D eigenvalue weighted by molar-refractivity contribution is 0.0696. The van der Waals surface area contributed by atoms with Crippen molar-refractivity contribution in [3.8, 4) is 0 Å². The Morgan fingerprint density at radius 3 is 2.65 bits per heavy atom. The summed E-state index contributed by atoms with van der Waals surface area (Å²) in [6.45, 7) is 1.85. The topological polar surface area (TPSA) is 50.2 Å². The van der Waals surface area contributed by atoms with Gasteiger partial charge < -0.3 is 5.11 Å². The van der Waals surface area contributed by atoms with Crippen molar-refractivity contribution < 1.29 is 18.7 Å². The molecule has 0 fully saturated rings. The number of pyridine rings is 1. The predicted molar refractivity (Wildman–Crippen MR) is 71.1 cm³/mol. The molecule has 1 N–H and O–H groups in total. The first-order valence-electron chi connectivity index (χ1n) is 5.86. The normalized spacial score (nSPS) is 10.6. The van der Waals surface area contributed by atoms with Crippen LogP contribution in [0.1, 0.15) is 23.0 Å². The largest absolute Gasteiger partial charge is 0.478 e. The second-order valence-corrected chi connectivity index (χ2v) is 5.08. The van der Waals surface area contributed by atoms with Gasteiger partial charge >= 0.3 is 5.97 Å². The summed E-state index contributed by atoms with van der Waals surface area (Å²) in [5.41, 5.74) is 0.705. The van der Waals surface area contributed by atoms with Crippen LogP contribution in [0.2, 0.25) is 0 Å². The van der Waals surface area contributed by atoms with Crippen LogP contribution < -0.4 is 0 Å². The van der Waals surface area contributed by atoms with Gasteiger partial charge in [-0.1, -0.05) is 18.7 Å². The third kappa shape index (κ3) is 3.33. The fraction of sp³-hybridized carbons (Fsp3) is 0.143. The maximum Gasteiger partial charge on any atom is 0.335 e. The summed E-state index contributed by atoms with van der Waals surface area (Å²) in [6, 6.07) is 6.08. The molecule has 0 spiro atoms. The quantitative estimate of drug-likeness (QED) is 0.932. The van der Waals surface area contributed by atoms with Gasteiger partial charge in [0.05, 0.1) is 5.56 Å². The lowest BCUT2D eigenvalue weighted by Gasteiger charge is -2.06. The molecule has 0 amide bonds. The maximum absolute atomic E-state index is 13.6. The molecule has 2 rings (SSSR count). The van der Waals surface area contributed by atoms with Crippen LogP contribution in [0.15, 0.2) is 40.3 Å². The van der Waals surface area contributed by atoms with Crippen molar-refractivity contribution in [1.82, 2.24) is 4.98 Å². The summed E-state index contributed by atoms with van der Waals surface area (Å²) < 4.78 is 26.4. The van der Waals surface area contributed by atoms with Gasteiger partial charge in [-0.05, 0) is 30.7 Å². The van der Waals surface area contributed by atoms with E-state index in [-0.39, 0.29) is 10.5 Å². The molecule has 0 bridgehead atoms. The van der Waals surface area contributed by atoms with Gasteiger partial charge in [0.1, 0.15) is 16.7 Å². The molecule has 20 heavy (non-hydrogen) atoms. The van der Waals surface area contributed by atoms with Crippen LogP contribution in [0.25, 0.3) is 0 Å². The monoisotopic (exact) mass is 295 g/mol. The molecule has 1 aromatic heterocycles. The minimum Gasteiger partial charge on any atom is -0.478 e. The van der Waals surface area contributed by atoms with E-state index < -0.39 is 17.6 Å². The summed E-state index contributed by atoms with van der Waals surface area (Å²) in [6.07, 6.45) is 0.570. The summed E-state index contributed by atoms with van der Waals surface area (Å²) in [4.78, 5) is 15.5. The molecule has 0 aliphatic heterocycles. The maximum atomic E-state index is 13.6. The Balaban J connectivity index is 2.37. The Morgan fingerprint density at radius 1 is 1.30 bits per heavy atom. The molecule has 2 aromatic rings. The second kappa shape index (κ2) is 6.00. The van der Waals surface area contributed by atoms with Gasteiger partial charge in [0, 0.05) is 16.7 Å². The number of halogens is 2. The molecular weight excluding hydrogens is 284 g/mol. The predicted octanol–water partition coefficient (Wildman–Crippen LogP) is 3.77. The highest BCUT2D eigenvalue weighted by molar-refractivity contribution is 7.99. The van der Waals surface area contributed by atoms with E-state index in [1.807, 2.05) is 6.92 Å². The van der Waals surface area contributed by atoms with Crippen LogP contribution in [-0.4, -0.2) is 16.1 Å². The van der Waals surface area contributed by atoms with Gasteiger partial charge in [-0.2, -0.15) is 0 Å². The molecule has 0 aliphatic carbocycles. The summed E-state index contributed by atoms with van der Waals surface area (Å²) in [5, 5.41) is 9.39. The Bertz CT molecular complexity index is 662. The number of nitrogens with zero attached hydrogens (tertiary/aromatic N) is 1. The molecular formula is C14H11F2NO2S. The number of carbonyl (C=O) groups is 1. The molecule has 0 aliphatic rings. The van der Waals surface area contributed by atoms with E-state index in [9.17, 15) is 13.6 Å². The average molecular weight is 295 g/mol. The number of aryl methyl sites for hydroxylation is 1.